The maximum atomic E-state index is 6.63. The second-order valence-electron chi connectivity index (χ2n) is 5.95. The average molecular weight is 249 g/mol. The molecule has 3 heteroatoms. The number of rotatable bonds is 5. The number of aryl methyl sites for hydroxylation is 1. The molecule has 1 fully saturated rings. The summed E-state index contributed by atoms with van der Waals surface area (Å²) in [5, 5.41) is 0. The van der Waals surface area contributed by atoms with Gasteiger partial charge in [0.25, 0.3) is 0 Å². The van der Waals surface area contributed by atoms with Crippen molar-refractivity contribution in [2.24, 2.45) is 11.7 Å². The van der Waals surface area contributed by atoms with E-state index in [0.717, 1.165) is 31.7 Å². The van der Waals surface area contributed by atoms with Gasteiger partial charge in [-0.05, 0) is 25.2 Å². The van der Waals surface area contributed by atoms with Gasteiger partial charge in [-0.3, -0.25) is 0 Å². The Morgan fingerprint density at radius 1 is 1.50 bits per heavy atom. The van der Waals surface area contributed by atoms with Gasteiger partial charge in [0.2, 0.25) is 0 Å². The molecule has 0 aliphatic heterocycles. The van der Waals surface area contributed by atoms with Gasteiger partial charge in [0.05, 0.1) is 0 Å². The Labute approximate surface area is 111 Å². The summed E-state index contributed by atoms with van der Waals surface area (Å²) in [7, 11) is 0. The lowest BCUT2D eigenvalue weighted by Gasteiger charge is -2.37. The summed E-state index contributed by atoms with van der Waals surface area (Å²) in [6, 6.07) is 0. The van der Waals surface area contributed by atoms with E-state index in [2.05, 4.69) is 29.6 Å². The van der Waals surface area contributed by atoms with Gasteiger partial charge in [0.15, 0.2) is 0 Å². The lowest BCUT2D eigenvalue weighted by Crippen LogP contribution is -2.46. The normalized spacial score (nSPS) is 28.5. The van der Waals surface area contributed by atoms with E-state index in [-0.39, 0.29) is 5.54 Å². The van der Waals surface area contributed by atoms with Crippen LogP contribution in [0.2, 0.25) is 0 Å². The van der Waals surface area contributed by atoms with Crippen LogP contribution < -0.4 is 5.73 Å². The minimum atomic E-state index is -0.0181. The molecule has 0 saturated heterocycles. The molecular formula is C15H27N3. The van der Waals surface area contributed by atoms with Crippen LogP contribution in [-0.4, -0.2) is 15.1 Å². The second kappa shape index (κ2) is 5.87. The van der Waals surface area contributed by atoms with Gasteiger partial charge >= 0.3 is 0 Å². The summed E-state index contributed by atoms with van der Waals surface area (Å²) < 4.78 is 2.27. The highest BCUT2D eigenvalue weighted by atomic mass is 15.1. The summed E-state index contributed by atoms with van der Waals surface area (Å²) >= 11 is 0. The molecular weight excluding hydrogens is 222 g/mol. The maximum absolute atomic E-state index is 6.63. The SMILES string of the molecule is CCCn1ccnc1CC1(N)CCCC(CC)C1. The monoisotopic (exact) mass is 249 g/mol. The molecule has 1 saturated carbocycles. The van der Waals surface area contributed by atoms with Gasteiger partial charge in [-0.1, -0.05) is 33.1 Å². The topological polar surface area (TPSA) is 43.8 Å². The first-order chi connectivity index (χ1) is 8.67. The lowest BCUT2D eigenvalue weighted by atomic mass is 9.73. The van der Waals surface area contributed by atoms with Crippen LogP contribution in [-0.2, 0) is 13.0 Å². The fourth-order valence-electron chi connectivity index (χ4n) is 3.30. The Morgan fingerprint density at radius 2 is 2.33 bits per heavy atom. The molecule has 1 heterocycles. The van der Waals surface area contributed by atoms with Crippen molar-refractivity contribution in [3.63, 3.8) is 0 Å². The van der Waals surface area contributed by atoms with Crippen molar-refractivity contribution in [2.45, 2.75) is 70.9 Å². The zero-order valence-electron chi connectivity index (χ0n) is 11.9. The van der Waals surface area contributed by atoms with E-state index >= 15 is 0 Å². The predicted molar refractivity (Wildman–Crippen MR) is 75.4 cm³/mol. The van der Waals surface area contributed by atoms with Crippen molar-refractivity contribution in [1.82, 2.24) is 9.55 Å². The number of imidazole rings is 1. The van der Waals surface area contributed by atoms with Gasteiger partial charge < -0.3 is 10.3 Å². The number of nitrogens with zero attached hydrogens (tertiary/aromatic N) is 2. The smallest absolute Gasteiger partial charge is 0.110 e. The zero-order valence-corrected chi connectivity index (χ0v) is 11.9. The van der Waals surface area contributed by atoms with Gasteiger partial charge in [0.1, 0.15) is 5.82 Å². The first-order valence-electron chi connectivity index (χ1n) is 7.46. The van der Waals surface area contributed by atoms with E-state index in [1.54, 1.807) is 0 Å². The van der Waals surface area contributed by atoms with Crippen LogP contribution in [0, 0.1) is 5.92 Å². The van der Waals surface area contributed by atoms with Gasteiger partial charge in [-0.15, -0.1) is 0 Å². The summed E-state index contributed by atoms with van der Waals surface area (Å²) in [4.78, 5) is 4.51. The first kappa shape index (κ1) is 13.6. The van der Waals surface area contributed by atoms with Crippen LogP contribution in [0.4, 0.5) is 0 Å². The third-order valence-electron chi connectivity index (χ3n) is 4.34. The van der Waals surface area contributed by atoms with Crippen LogP contribution in [0.1, 0.15) is 58.2 Å². The molecule has 1 aromatic heterocycles. The Bertz CT molecular complexity index is 372. The molecule has 2 N–H and O–H groups in total. The Morgan fingerprint density at radius 3 is 3.06 bits per heavy atom. The van der Waals surface area contributed by atoms with E-state index in [4.69, 9.17) is 5.73 Å². The summed E-state index contributed by atoms with van der Waals surface area (Å²) in [6.07, 6.45) is 12.3. The number of hydrogen-bond donors (Lipinski definition) is 1. The van der Waals surface area contributed by atoms with Crippen LogP contribution in [0.25, 0.3) is 0 Å². The van der Waals surface area contributed by atoms with Crippen molar-refractivity contribution >= 4 is 0 Å². The number of aromatic nitrogens is 2. The van der Waals surface area contributed by atoms with Crippen molar-refractivity contribution in [2.75, 3.05) is 0 Å². The van der Waals surface area contributed by atoms with Gasteiger partial charge in [-0.25, -0.2) is 4.98 Å². The highest BCUT2D eigenvalue weighted by Crippen LogP contribution is 2.34. The van der Waals surface area contributed by atoms with Crippen molar-refractivity contribution < 1.29 is 0 Å². The van der Waals surface area contributed by atoms with Crippen LogP contribution in [0.3, 0.4) is 0 Å². The third-order valence-corrected chi connectivity index (χ3v) is 4.34. The first-order valence-corrected chi connectivity index (χ1v) is 7.46. The molecule has 0 radical (unpaired) electrons. The van der Waals surface area contributed by atoms with E-state index < -0.39 is 0 Å². The maximum Gasteiger partial charge on any atom is 0.110 e. The number of hydrogen-bond acceptors (Lipinski definition) is 2. The molecule has 0 bridgehead atoms. The minimum Gasteiger partial charge on any atom is -0.335 e. The molecule has 0 aromatic carbocycles. The molecule has 1 aromatic rings. The Kier molecular flexibility index (Phi) is 4.44. The molecule has 3 nitrogen and oxygen atoms in total. The van der Waals surface area contributed by atoms with Crippen molar-refractivity contribution in [3.8, 4) is 0 Å². The fourth-order valence-corrected chi connectivity index (χ4v) is 3.30. The quantitative estimate of drug-likeness (QED) is 0.871. The highest BCUT2D eigenvalue weighted by Gasteiger charge is 2.33. The third kappa shape index (κ3) is 3.14. The van der Waals surface area contributed by atoms with E-state index in [9.17, 15) is 0 Å². The number of nitrogens with two attached hydrogens (primary N) is 1. The van der Waals surface area contributed by atoms with Crippen LogP contribution in [0.15, 0.2) is 12.4 Å². The molecule has 1 aliphatic carbocycles. The fraction of sp³-hybridized carbons (Fsp3) is 0.800. The van der Waals surface area contributed by atoms with Gasteiger partial charge in [-0.2, -0.15) is 0 Å². The minimum absolute atomic E-state index is 0.0181. The van der Waals surface area contributed by atoms with Crippen molar-refractivity contribution in [1.29, 1.82) is 0 Å². The standard InChI is InChI=1S/C15H27N3/c1-3-9-18-10-8-17-14(18)12-15(16)7-5-6-13(4-2)11-15/h8,10,13H,3-7,9,11-12,16H2,1-2H3. The lowest BCUT2D eigenvalue weighted by molar-refractivity contribution is 0.214. The molecule has 1 aliphatic rings. The largest absolute Gasteiger partial charge is 0.335 e. The molecule has 18 heavy (non-hydrogen) atoms. The molecule has 2 atom stereocenters. The Balaban J connectivity index is 2.04. The van der Waals surface area contributed by atoms with Crippen molar-refractivity contribution in [3.05, 3.63) is 18.2 Å². The zero-order chi connectivity index (χ0) is 13.0. The predicted octanol–water partition coefficient (Wildman–Crippen LogP) is 3.13. The average Bonchev–Trinajstić information content (AvgIpc) is 2.76. The summed E-state index contributed by atoms with van der Waals surface area (Å²) in [6.45, 7) is 5.55. The molecule has 0 amide bonds. The molecule has 2 rings (SSSR count). The summed E-state index contributed by atoms with van der Waals surface area (Å²) in [5.74, 6) is 1.99. The van der Waals surface area contributed by atoms with Gasteiger partial charge in [0, 0.05) is 30.9 Å². The van der Waals surface area contributed by atoms with Crippen LogP contribution >= 0.6 is 0 Å². The molecule has 0 spiro atoms. The van der Waals surface area contributed by atoms with E-state index in [0.29, 0.717) is 0 Å². The summed E-state index contributed by atoms with van der Waals surface area (Å²) in [5.41, 5.74) is 6.61. The molecule has 2 unspecified atom stereocenters. The van der Waals surface area contributed by atoms with Crippen LogP contribution in [0.5, 0.6) is 0 Å². The second-order valence-corrected chi connectivity index (χ2v) is 5.95. The van der Waals surface area contributed by atoms with E-state index in [1.807, 2.05) is 6.20 Å². The highest BCUT2D eigenvalue weighted by molar-refractivity contribution is 5.03. The Hall–Kier alpha value is -0.830. The molecule has 102 valence electrons. The van der Waals surface area contributed by atoms with E-state index in [1.165, 1.54) is 31.5 Å².